The lowest BCUT2D eigenvalue weighted by Crippen LogP contribution is -2.26. The molecule has 32 heavy (non-hydrogen) atoms. The molecule has 4 aromatic rings. The summed E-state index contributed by atoms with van der Waals surface area (Å²) in [5.74, 6) is 1.58. The van der Waals surface area contributed by atoms with Crippen LogP contribution in [0.3, 0.4) is 0 Å². The number of nitrogens with zero attached hydrogens (tertiary/aromatic N) is 2. The minimum absolute atomic E-state index is 0.0895. The smallest absolute Gasteiger partial charge is 0.251 e. The third kappa shape index (κ3) is 4.83. The van der Waals surface area contributed by atoms with E-state index >= 15 is 0 Å². The van der Waals surface area contributed by atoms with Crippen molar-refractivity contribution in [3.63, 3.8) is 0 Å². The van der Waals surface area contributed by atoms with Gasteiger partial charge in [-0.15, -0.1) is 0 Å². The third-order valence-electron chi connectivity index (χ3n) is 5.68. The number of para-hydroxylation sites is 2. The molecule has 0 atom stereocenters. The molecule has 3 aromatic carbocycles. The van der Waals surface area contributed by atoms with Crippen LogP contribution in [-0.4, -0.2) is 22.1 Å². The van der Waals surface area contributed by atoms with Crippen LogP contribution in [0.25, 0.3) is 11.0 Å². The van der Waals surface area contributed by atoms with E-state index in [-0.39, 0.29) is 5.91 Å². The molecule has 0 spiro atoms. The van der Waals surface area contributed by atoms with Crippen LogP contribution in [0, 0.1) is 13.8 Å². The first kappa shape index (κ1) is 21.6. The molecule has 0 bridgehead atoms. The lowest BCUT2D eigenvalue weighted by Gasteiger charge is -2.12. The molecule has 1 N–H and O–H groups in total. The number of hydrogen-bond donors (Lipinski definition) is 1. The van der Waals surface area contributed by atoms with Gasteiger partial charge in [0.1, 0.15) is 18.2 Å². The Morgan fingerprint density at radius 1 is 1.03 bits per heavy atom. The molecule has 164 valence electrons. The summed E-state index contributed by atoms with van der Waals surface area (Å²) in [6.07, 6.45) is 1.01. The summed E-state index contributed by atoms with van der Waals surface area (Å²) >= 11 is 0. The second-order valence-electron chi connectivity index (χ2n) is 8.02. The monoisotopic (exact) mass is 427 g/mol. The summed E-state index contributed by atoms with van der Waals surface area (Å²) in [6.45, 7) is 7.64. The molecule has 1 aromatic heterocycles. The molecule has 1 heterocycles. The third-order valence-corrected chi connectivity index (χ3v) is 5.68. The summed E-state index contributed by atoms with van der Waals surface area (Å²) in [5, 5.41) is 3.03. The van der Waals surface area contributed by atoms with Gasteiger partial charge in [-0.3, -0.25) is 4.79 Å². The molecular formula is C27H29N3O2. The number of nitrogens with one attached hydrogen (secondary N) is 1. The zero-order valence-corrected chi connectivity index (χ0v) is 18.9. The quantitative estimate of drug-likeness (QED) is 0.419. The second-order valence-corrected chi connectivity index (χ2v) is 8.02. The van der Waals surface area contributed by atoms with Crippen molar-refractivity contribution in [3.8, 4) is 5.75 Å². The number of carbonyl (C=O) groups excluding carboxylic acids is 1. The first-order valence-electron chi connectivity index (χ1n) is 11.1. The number of fused-ring (bicyclic) bond motifs is 1. The number of ether oxygens (including phenoxy) is 1. The summed E-state index contributed by atoms with van der Waals surface area (Å²) in [7, 11) is 0. The van der Waals surface area contributed by atoms with Crippen molar-refractivity contribution in [2.75, 3.05) is 6.61 Å². The maximum Gasteiger partial charge on any atom is 0.251 e. The molecule has 0 fully saturated rings. The van der Waals surface area contributed by atoms with Gasteiger partial charge in [0.15, 0.2) is 0 Å². The van der Waals surface area contributed by atoms with Crippen LogP contribution in [0.4, 0.5) is 0 Å². The van der Waals surface area contributed by atoms with Crippen molar-refractivity contribution in [1.82, 2.24) is 14.9 Å². The largest absolute Gasteiger partial charge is 0.492 e. The van der Waals surface area contributed by atoms with Crippen molar-refractivity contribution in [1.29, 1.82) is 0 Å². The van der Waals surface area contributed by atoms with Gasteiger partial charge in [0, 0.05) is 5.56 Å². The summed E-state index contributed by atoms with van der Waals surface area (Å²) < 4.78 is 8.09. The molecule has 4 rings (SSSR count). The number of hydrogen-bond acceptors (Lipinski definition) is 3. The highest BCUT2D eigenvalue weighted by Crippen LogP contribution is 2.18. The number of benzene rings is 3. The number of imidazole rings is 1. The van der Waals surface area contributed by atoms with Gasteiger partial charge in [-0.25, -0.2) is 4.98 Å². The Hall–Kier alpha value is -3.60. The molecule has 0 aliphatic heterocycles. The first-order chi connectivity index (χ1) is 15.5. The van der Waals surface area contributed by atoms with Crippen LogP contribution in [-0.2, 0) is 19.5 Å². The zero-order valence-electron chi connectivity index (χ0n) is 18.9. The highest BCUT2D eigenvalue weighted by molar-refractivity contribution is 5.95. The number of aromatic nitrogens is 2. The predicted molar refractivity (Wildman–Crippen MR) is 128 cm³/mol. The molecule has 0 saturated carbocycles. The Balaban J connectivity index is 1.47. The summed E-state index contributed by atoms with van der Waals surface area (Å²) in [4.78, 5) is 17.5. The van der Waals surface area contributed by atoms with Gasteiger partial charge in [-0.05, 0) is 61.7 Å². The van der Waals surface area contributed by atoms with Gasteiger partial charge in [-0.1, -0.05) is 48.9 Å². The number of aryl methyl sites for hydroxylation is 3. The fourth-order valence-corrected chi connectivity index (χ4v) is 3.91. The Morgan fingerprint density at radius 2 is 1.81 bits per heavy atom. The average Bonchev–Trinajstić information content (AvgIpc) is 3.15. The van der Waals surface area contributed by atoms with Gasteiger partial charge in [-0.2, -0.15) is 0 Å². The van der Waals surface area contributed by atoms with Gasteiger partial charge in [0.25, 0.3) is 5.91 Å². The normalized spacial score (nSPS) is 11.0. The minimum atomic E-state index is -0.0895. The van der Waals surface area contributed by atoms with E-state index in [0.717, 1.165) is 40.2 Å². The van der Waals surface area contributed by atoms with Crippen LogP contribution < -0.4 is 10.1 Å². The first-order valence-corrected chi connectivity index (χ1v) is 11.1. The number of rotatable bonds is 8. The van der Waals surface area contributed by atoms with E-state index in [9.17, 15) is 4.79 Å². The van der Waals surface area contributed by atoms with Crippen molar-refractivity contribution in [2.45, 2.75) is 40.3 Å². The van der Waals surface area contributed by atoms with Gasteiger partial charge >= 0.3 is 0 Å². The Morgan fingerprint density at radius 3 is 2.56 bits per heavy atom. The van der Waals surface area contributed by atoms with Crippen LogP contribution in [0.5, 0.6) is 5.75 Å². The van der Waals surface area contributed by atoms with E-state index in [1.165, 1.54) is 5.56 Å². The molecule has 5 nitrogen and oxygen atoms in total. The molecule has 0 unspecified atom stereocenters. The van der Waals surface area contributed by atoms with E-state index in [1.807, 2.05) is 68.4 Å². The van der Waals surface area contributed by atoms with Crippen molar-refractivity contribution < 1.29 is 9.53 Å². The summed E-state index contributed by atoms with van der Waals surface area (Å²) in [6, 6.07) is 22.1. The molecule has 0 saturated heterocycles. The van der Waals surface area contributed by atoms with Crippen molar-refractivity contribution >= 4 is 16.9 Å². The highest BCUT2D eigenvalue weighted by atomic mass is 16.5. The molecule has 0 aliphatic rings. The topological polar surface area (TPSA) is 56.1 Å². The van der Waals surface area contributed by atoms with Crippen LogP contribution in [0.1, 0.15) is 39.8 Å². The SMILES string of the molecule is CCc1ccc(OCCn2c(CNC(=O)c3ccc(C)cc3C)nc3ccccc32)cc1. The van der Waals surface area contributed by atoms with Crippen LogP contribution >= 0.6 is 0 Å². The van der Waals surface area contributed by atoms with E-state index < -0.39 is 0 Å². The van der Waals surface area contributed by atoms with E-state index in [4.69, 9.17) is 9.72 Å². The molecule has 1 amide bonds. The Bertz CT molecular complexity index is 1230. The summed E-state index contributed by atoms with van der Waals surface area (Å²) in [5.41, 5.74) is 6.05. The fraction of sp³-hybridized carbons (Fsp3) is 0.259. The van der Waals surface area contributed by atoms with E-state index in [2.05, 4.69) is 28.9 Å². The highest BCUT2D eigenvalue weighted by Gasteiger charge is 2.14. The van der Waals surface area contributed by atoms with Crippen LogP contribution in [0.2, 0.25) is 0 Å². The zero-order chi connectivity index (χ0) is 22.5. The number of amides is 1. The average molecular weight is 428 g/mol. The van der Waals surface area contributed by atoms with Gasteiger partial charge in [0.2, 0.25) is 0 Å². The van der Waals surface area contributed by atoms with Crippen molar-refractivity contribution in [3.05, 3.63) is 94.8 Å². The lowest BCUT2D eigenvalue weighted by molar-refractivity contribution is 0.0949. The lowest BCUT2D eigenvalue weighted by atomic mass is 10.1. The van der Waals surface area contributed by atoms with Gasteiger partial charge in [0.05, 0.1) is 24.1 Å². The molecule has 0 aliphatic carbocycles. The van der Waals surface area contributed by atoms with Crippen LogP contribution in [0.15, 0.2) is 66.7 Å². The maximum atomic E-state index is 12.8. The molecule has 0 radical (unpaired) electrons. The van der Waals surface area contributed by atoms with Crippen molar-refractivity contribution in [2.24, 2.45) is 0 Å². The minimum Gasteiger partial charge on any atom is -0.492 e. The Kier molecular flexibility index (Phi) is 6.55. The second kappa shape index (κ2) is 9.69. The predicted octanol–water partition coefficient (Wildman–Crippen LogP) is 5.22. The molecule has 5 heteroatoms. The number of carbonyl (C=O) groups is 1. The fourth-order valence-electron chi connectivity index (χ4n) is 3.91. The van der Waals surface area contributed by atoms with E-state index in [1.54, 1.807) is 0 Å². The van der Waals surface area contributed by atoms with Gasteiger partial charge < -0.3 is 14.6 Å². The standard InChI is InChI=1S/C27H29N3O2/c1-4-21-10-12-22(13-11-21)32-16-15-30-25-8-6-5-7-24(25)29-26(30)18-28-27(31)23-14-9-19(2)17-20(23)3/h5-14,17H,4,15-16,18H2,1-3H3,(H,28,31). The van der Waals surface area contributed by atoms with E-state index in [0.29, 0.717) is 25.3 Å². The molecular weight excluding hydrogens is 398 g/mol. The Labute approximate surface area is 189 Å². The maximum absolute atomic E-state index is 12.8.